The maximum Gasteiger partial charge on any atom is 0.347 e. The molecule has 0 unspecified atom stereocenters. The van der Waals surface area contributed by atoms with Gasteiger partial charge in [-0.25, -0.2) is 4.79 Å². The lowest BCUT2D eigenvalue weighted by molar-refractivity contribution is -0.152. The molecule has 0 aromatic heterocycles. The molecule has 1 N–H and O–H groups in total. The molecule has 0 radical (unpaired) electrons. The summed E-state index contributed by atoms with van der Waals surface area (Å²) >= 11 is 0. The maximum atomic E-state index is 10.9. The number of rotatable bonds is 5. The SMILES string of the molecule is CC(=O)/C=C/c1ccc(OC(C)(C)C(=O)O)cc1. The van der Waals surface area contributed by atoms with Crippen molar-refractivity contribution in [2.45, 2.75) is 26.4 Å². The van der Waals surface area contributed by atoms with Crippen molar-refractivity contribution in [2.24, 2.45) is 0 Å². The van der Waals surface area contributed by atoms with Gasteiger partial charge in [-0.15, -0.1) is 0 Å². The van der Waals surface area contributed by atoms with Gasteiger partial charge in [0.15, 0.2) is 11.4 Å². The minimum atomic E-state index is -1.27. The number of aliphatic carboxylic acids is 1. The Kier molecular flexibility index (Phi) is 4.26. The number of benzene rings is 1. The molecule has 0 atom stereocenters. The van der Waals surface area contributed by atoms with Gasteiger partial charge in [-0.3, -0.25) is 4.79 Å². The molecule has 18 heavy (non-hydrogen) atoms. The second-order valence-electron chi connectivity index (χ2n) is 4.43. The molecule has 1 aromatic carbocycles. The summed E-state index contributed by atoms with van der Waals surface area (Å²) < 4.78 is 5.35. The number of carbonyl (C=O) groups excluding carboxylic acids is 1. The van der Waals surface area contributed by atoms with Crippen LogP contribution in [0.3, 0.4) is 0 Å². The monoisotopic (exact) mass is 248 g/mol. The van der Waals surface area contributed by atoms with E-state index < -0.39 is 11.6 Å². The van der Waals surface area contributed by atoms with E-state index in [1.54, 1.807) is 30.3 Å². The second kappa shape index (κ2) is 5.49. The Labute approximate surface area is 106 Å². The van der Waals surface area contributed by atoms with Gasteiger partial charge in [0.25, 0.3) is 0 Å². The molecule has 0 saturated heterocycles. The Bertz CT molecular complexity index is 469. The summed E-state index contributed by atoms with van der Waals surface area (Å²) in [4.78, 5) is 21.7. The molecule has 0 aliphatic heterocycles. The first-order valence-electron chi connectivity index (χ1n) is 5.52. The van der Waals surface area contributed by atoms with Crippen LogP contribution in [0.5, 0.6) is 5.75 Å². The Hall–Kier alpha value is -2.10. The van der Waals surface area contributed by atoms with Crippen LogP contribution < -0.4 is 4.74 Å². The molecule has 4 nitrogen and oxygen atoms in total. The first-order valence-corrected chi connectivity index (χ1v) is 5.52. The molecule has 0 spiro atoms. The van der Waals surface area contributed by atoms with E-state index >= 15 is 0 Å². The lowest BCUT2D eigenvalue weighted by Gasteiger charge is -2.21. The Morgan fingerprint density at radius 1 is 1.22 bits per heavy atom. The number of hydrogen-bond donors (Lipinski definition) is 1. The van der Waals surface area contributed by atoms with Crippen molar-refractivity contribution in [3.63, 3.8) is 0 Å². The molecule has 0 aliphatic carbocycles. The van der Waals surface area contributed by atoms with E-state index in [0.29, 0.717) is 5.75 Å². The fraction of sp³-hybridized carbons (Fsp3) is 0.286. The normalized spacial score (nSPS) is 11.5. The molecule has 4 heteroatoms. The topological polar surface area (TPSA) is 63.6 Å². The average Bonchev–Trinajstić information content (AvgIpc) is 2.27. The minimum Gasteiger partial charge on any atom is -0.478 e. The fourth-order valence-electron chi connectivity index (χ4n) is 1.20. The summed E-state index contributed by atoms with van der Waals surface area (Å²) in [6, 6.07) is 6.86. The molecular formula is C14H16O4. The van der Waals surface area contributed by atoms with Crippen molar-refractivity contribution in [3.8, 4) is 5.75 Å². The zero-order chi connectivity index (χ0) is 13.8. The molecule has 96 valence electrons. The van der Waals surface area contributed by atoms with Crippen molar-refractivity contribution >= 4 is 17.8 Å². The van der Waals surface area contributed by atoms with Gasteiger partial charge < -0.3 is 9.84 Å². The van der Waals surface area contributed by atoms with Crippen molar-refractivity contribution in [2.75, 3.05) is 0 Å². The molecule has 0 bridgehead atoms. The van der Waals surface area contributed by atoms with Gasteiger partial charge >= 0.3 is 5.97 Å². The largest absolute Gasteiger partial charge is 0.478 e. The van der Waals surface area contributed by atoms with E-state index in [1.807, 2.05) is 0 Å². The summed E-state index contributed by atoms with van der Waals surface area (Å²) in [5.41, 5.74) is -0.415. The first kappa shape index (κ1) is 14.0. The van der Waals surface area contributed by atoms with Crippen LogP contribution in [0.1, 0.15) is 26.3 Å². The summed E-state index contributed by atoms with van der Waals surface area (Å²) in [6.07, 6.45) is 3.16. The molecule has 1 rings (SSSR count). The summed E-state index contributed by atoms with van der Waals surface area (Å²) in [5, 5.41) is 8.93. The number of carbonyl (C=O) groups is 2. The number of carboxylic acids is 1. The second-order valence-corrected chi connectivity index (χ2v) is 4.43. The standard InChI is InChI=1S/C14H16O4/c1-10(15)4-5-11-6-8-12(9-7-11)18-14(2,3)13(16)17/h4-9H,1-3H3,(H,16,17)/b5-4+. The highest BCUT2D eigenvalue weighted by atomic mass is 16.5. The number of ether oxygens (including phenoxy) is 1. The number of allylic oxidation sites excluding steroid dienone is 1. The smallest absolute Gasteiger partial charge is 0.347 e. The molecule has 0 fully saturated rings. The van der Waals surface area contributed by atoms with E-state index in [9.17, 15) is 9.59 Å². The first-order chi connectivity index (χ1) is 8.31. The lowest BCUT2D eigenvalue weighted by Crippen LogP contribution is -2.37. The van der Waals surface area contributed by atoms with Crippen molar-refractivity contribution < 1.29 is 19.4 Å². The molecule has 0 amide bonds. The summed E-state index contributed by atoms with van der Waals surface area (Å²) in [7, 11) is 0. The summed E-state index contributed by atoms with van der Waals surface area (Å²) in [6.45, 7) is 4.45. The highest BCUT2D eigenvalue weighted by Gasteiger charge is 2.29. The van der Waals surface area contributed by atoms with Crippen LogP contribution >= 0.6 is 0 Å². The molecule has 0 saturated carbocycles. The van der Waals surface area contributed by atoms with Gasteiger partial charge in [0.1, 0.15) is 5.75 Å². The summed E-state index contributed by atoms with van der Waals surface area (Å²) in [5.74, 6) is -0.576. The van der Waals surface area contributed by atoms with Crippen molar-refractivity contribution in [3.05, 3.63) is 35.9 Å². The van der Waals surface area contributed by atoms with Gasteiger partial charge in [0.05, 0.1) is 0 Å². The highest BCUT2D eigenvalue weighted by Crippen LogP contribution is 2.19. The predicted octanol–water partition coefficient (Wildman–Crippen LogP) is 2.53. The number of carboxylic acid groups (broad SMARTS) is 1. The van der Waals surface area contributed by atoms with E-state index in [-0.39, 0.29) is 5.78 Å². The maximum absolute atomic E-state index is 10.9. The molecule has 0 aliphatic rings. The van der Waals surface area contributed by atoms with Gasteiger partial charge in [-0.1, -0.05) is 18.2 Å². The zero-order valence-corrected chi connectivity index (χ0v) is 10.6. The van der Waals surface area contributed by atoms with Crippen LogP contribution in [0.2, 0.25) is 0 Å². The van der Waals surface area contributed by atoms with Crippen molar-refractivity contribution in [1.82, 2.24) is 0 Å². The van der Waals surface area contributed by atoms with Crippen LogP contribution in [0.25, 0.3) is 6.08 Å². The van der Waals surface area contributed by atoms with E-state index in [2.05, 4.69) is 0 Å². The van der Waals surface area contributed by atoms with Gasteiger partial charge in [0, 0.05) is 0 Å². The minimum absolute atomic E-state index is 0.0256. The Morgan fingerprint density at radius 2 is 1.78 bits per heavy atom. The van der Waals surface area contributed by atoms with E-state index in [0.717, 1.165) is 5.56 Å². The third-order valence-electron chi connectivity index (χ3n) is 2.28. The molecule has 0 heterocycles. The van der Waals surface area contributed by atoms with Crippen LogP contribution in [0.4, 0.5) is 0 Å². The Morgan fingerprint density at radius 3 is 2.22 bits per heavy atom. The fourth-order valence-corrected chi connectivity index (χ4v) is 1.20. The van der Waals surface area contributed by atoms with Gasteiger partial charge in [0.2, 0.25) is 0 Å². The van der Waals surface area contributed by atoms with Gasteiger partial charge in [-0.05, 0) is 44.5 Å². The number of hydrogen-bond acceptors (Lipinski definition) is 3. The third kappa shape index (κ3) is 4.05. The third-order valence-corrected chi connectivity index (χ3v) is 2.28. The molecule has 1 aromatic rings. The van der Waals surface area contributed by atoms with Crippen LogP contribution in [0.15, 0.2) is 30.3 Å². The predicted molar refractivity (Wildman–Crippen MR) is 68.5 cm³/mol. The van der Waals surface area contributed by atoms with Crippen LogP contribution in [-0.2, 0) is 9.59 Å². The highest BCUT2D eigenvalue weighted by molar-refractivity contribution is 5.91. The lowest BCUT2D eigenvalue weighted by atomic mass is 10.1. The van der Waals surface area contributed by atoms with Crippen LogP contribution in [-0.4, -0.2) is 22.5 Å². The quantitative estimate of drug-likeness (QED) is 0.813. The average molecular weight is 248 g/mol. The Balaban J connectivity index is 2.78. The van der Waals surface area contributed by atoms with Gasteiger partial charge in [-0.2, -0.15) is 0 Å². The van der Waals surface area contributed by atoms with Crippen molar-refractivity contribution in [1.29, 1.82) is 0 Å². The van der Waals surface area contributed by atoms with E-state index in [4.69, 9.17) is 9.84 Å². The zero-order valence-electron chi connectivity index (χ0n) is 10.6. The number of ketones is 1. The van der Waals surface area contributed by atoms with Crippen LogP contribution in [0, 0.1) is 0 Å². The molecular weight excluding hydrogens is 232 g/mol. The van der Waals surface area contributed by atoms with E-state index in [1.165, 1.54) is 26.8 Å².